The van der Waals surface area contributed by atoms with E-state index in [-0.39, 0.29) is 17.8 Å². The maximum atomic E-state index is 14.1. The van der Waals surface area contributed by atoms with E-state index >= 15 is 0 Å². The van der Waals surface area contributed by atoms with Crippen LogP contribution in [0, 0.1) is 5.82 Å². The minimum atomic E-state index is -0.386. The Balaban J connectivity index is 1.62. The number of hydrogen-bond acceptors (Lipinski definition) is 3. The predicted molar refractivity (Wildman–Crippen MR) is 102 cm³/mol. The van der Waals surface area contributed by atoms with E-state index < -0.39 is 0 Å². The fourth-order valence-corrected chi connectivity index (χ4v) is 3.23. The van der Waals surface area contributed by atoms with Gasteiger partial charge in [0.25, 0.3) is 5.91 Å². The Morgan fingerprint density at radius 3 is 2.85 bits per heavy atom. The van der Waals surface area contributed by atoms with Crippen molar-refractivity contribution in [2.45, 2.75) is 13.0 Å². The van der Waals surface area contributed by atoms with Crippen molar-refractivity contribution in [2.24, 2.45) is 0 Å². The Morgan fingerprint density at radius 1 is 1.19 bits per heavy atom. The molecule has 1 amide bonds. The number of rotatable bonds is 4. The largest absolute Gasteiger partial charge is 0.497 e. The number of carbonyl (C=O) groups excluding carboxylic acids is 1. The number of nitrogens with zero attached hydrogens (tertiary/aromatic N) is 1. The molecule has 27 heavy (non-hydrogen) atoms. The quantitative estimate of drug-likeness (QED) is 0.566. The molecule has 0 bridgehead atoms. The van der Waals surface area contributed by atoms with Crippen LogP contribution in [-0.2, 0) is 0 Å². The lowest BCUT2D eigenvalue weighted by molar-refractivity contribution is 0.0940. The molecule has 136 valence electrons. The van der Waals surface area contributed by atoms with E-state index in [0.717, 1.165) is 16.7 Å². The third-order valence-electron chi connectivity index (χ3n) is 4.66. The molecule has 1 unspecified atom stereocenters. The smallest absolute Gasteiger partial charge is 0.251 e. The van der Waals surface area contributed by atoms with Gasteiger partial charge < -0.3 is 15.0 Å². The van der Waals surface area contributed by atoms with Crippen LogP contribution in [0.5, 0.6) is 5.75 Å². The highest BCUT2D eigenvalue weighted by Gasteiger charge is 2.15. The van der Waals surface area contributed by atoms with Gasteiger partial charge in [0.15, 0.2) is 5.82 Å². The topological polar surface area (TPSA) is 67.0 Å². The summed E-state index contributed by atoms with van der Waals surface area (Å²) in [6.45, 7) is 1.91. The Bertz CT molecular complexity index is 1150. The molecule has 0 spiro atoms. The number of fused-ring (bicyclic) bond motifs is 3. The van der Waals surface area contributed by atoms with Crippen molar-refractivity contribution in [1.82, 2.24) is 15.3 Å². The van der Waals surface area contributed by atoms with Gasteiger partial charge in [-0.15, -0.1) is 0 Å². The van der Waals surface area contributed by atoms with Crippen LogP contribution < -0.4 is 10.1 Å². The van der Waals surface area contributed by atoms with Gasteiger partial charge in [0.2, 0.25) is 0 Å². The SMILES string of the molecule is COc1cccc(C(C)NC(=O)c2ccc3c(c2)[nH]c2cncc(F)c23)c1. The van der Waals surface area contributed by atoms with Gasteiger partial charge in [-0.2, -0.15) is 0 Å². The number of aromatic nitrogens is 2. The molecule has 0 aliphatic carbocycles. The van der Waals surface area contributed by atoms with Crippen LogP contribution in [0.3, 0.4) is 0 Å². The van der Waals surface area contributed by atoms with Crippen molar-refractivity contribution < 1.29 is 13.9 Å². The summed E-state index contributed by atoms with van der Waals surface area (Å²) in [5, 5.41) is 4.19. The Morgan fingerprint density at radius 2 is 2.04 bits per heavy atom. The summed E-state index contributed by atoms with van der Waals surface area (Å²) in [6, 6.07) is 12.6. The van der Waals surface area contributed by atoms with E-state index in [9.17, 15) is 9.18 Å². The number of nitrogens with one attached hydrogen (secondary N) is 2. The van der Waals surface area contributed by atoms with Crippen molar-refractivity contribution in [3.8, 4) is 5.75 Å². The van der Waals surface area contributed by atoms with Gasteiger partial charge in [0, 0.05) is 21.9 Å². The van der Waals surface area contributed by atoms with E-state index in [1.54, 1.807) is 31.5 Å². The number of H-pyrrole nitrogens is 1. The van der Waals surface area contributed by atoms with Gasteiger partial charge in [-0.25, -0.2) is 4.39 Å². The highest BCUT2D eigenvalue weighted by Crippen LogP contribution is 2.28. The number of methoxy groups -OCH3 is 1. The molecule has 0 saturated heterocycles. The molecule has 0 fully saturated rings. The second-order valence-corrected chi connectivity index (χ2v) is 6.40. The summed E-state index contributed by atoms with van der Waals surface area (Å²) in [7, 11) is 1.61. The monoisotopic (exact) mass is 363 g/mol. The van der Waals surface area contributed by atoms with Crippen LogP contribution in [0.15, 0.2) is 54.9 Å². The molecule has 4 rings (SSSR count). The van der Waals surface area contributed by atoms with E-state index in [1.807, 2.05) is 31.2 Å². The lowest BCUT2D eigenvalue weighted by Gasteiger charge is -2.15. The molecular formula is C21H18FN3O2. The average Bonchev–Trinajstić information content (AvgIpc) is 3.06. The van der Waals surface area contributed by atoms with Gasteiger partial charge in [0.1, 0.15) is 5.75 Å². The minimum Gasteiger partial charge on any atom is -0.497 e. The first-order chi connectivity index (χ1) is 13.1. The van der Waals surface area contributed by atoms with E-state index in [1.165, 1.54) is 6.20 Å². The number of carbonyl (C=O) groups is 1. The first-order valence-electron chi connectivity index (χ1n) is 8.56. The van der Waals surface area contributed by atoms with Crippen LogP contribution in [0.4, 0.5) is 4.39 Å². The maximum Gasteiger partial charge on any atom is 0.251 e. The molecule has 2 aromatic heterocycles. The summed E-state index contributed by atoms with van der Waals surface area (Å²) < 4.78 is 19.3. The van der Waals surface area contributed by atoms with Crippen LogP contribution in [0.1, 0.15) is 28.9 Å². The Labute approximate surface area is 155 Å². The fraction of sp³-hybridized carbons (Fsp3) is 0.143. The van der Waals surface area contributed by atoms with E-state index in [2.05, 4.69) is 15.3 Å². The van der Waals surface area contributed by atoms with Crippen LogP contribution in [0.25, 0.3) is 21.8 Å². The number of amides is 1. The molecule has 6 heteroatoms. The lowest BCUT2D eigenvalue weighted by atomic mass is 10.1. The molecule has 4 aromatic rings. The van der Waals surface area contributed by atoms with E-state index in [4.69, 9.17) is 4.74 Å². The Hall–Kier alpha value is -3.41. The standard InChI is InChI=1S/C21H18FN3O2/c1-12(13-4-3-5-15(8-13)27-2)24-21(26)14-6-7-16-18(9-14)25-19-11-23-10-17(22)20(16)19/h3-12,25H,1-2H3,(H,24,26). The van der Waals surface area contributed by atoms with Crippen molar-refractivity contribution in [3.63, 3.8) is 0 Å². The molecule has 0 saturated carbocycles. The molecule has 1 atom stereocenters. The average molecular weight is 363 g/mol. The van der Waals surface area contributed by atoms with Crippen molar-refractivity contribution >= 4 is 27.7 Å². The highest BCUT2D eigenvalue weighted by atomic mass is 19.1. The third kappa shape index (κ3) is 3.10. The highest BCUT2D eigenvalue weighted by molar-refractivity contribution is 6.09. The zero-order valence-electron chi connectivity index (χ0n) is 14.9. The van der Waals surface area contributed by atoms with Gasteiger partial charge >= 0.3 is 0 Å². The summed E-state index contributed by atoms with van der Waals surface area (Å²) in [6.07, 6.45) is 2.76. The van der Waals surface area contributed by atoms with Crippen LogP contribution in [0.2, 0.25) is 0 Å². The Kier molecular flexibility index (Phi) is 4.24. The number of ether oxygens (including phenoxy) is 1. The molecular weight excluding hydrogens is 345 g/mol. The molecule has 0 aliphatic rings. The zero-order valence-corrected chi connectivity index (χ0v) is 14.9. The maximum absolute atomic E-state index is 14.1. The van der Waals surface area contributed by atoms with Crippen molar-refractivity contribution in [1.29, 1.82) is 0 Å². The van der Waals surface area contributed by atoms with Crippen LogP contribution >= 0.6 is 0 Å². The molecule has 5 nitrogen and oxygen atoms in total. The number of halogens is 1. The van der Waals surface area contributed by atoms with Crippen LogP contribution in [-0.4, -0.2) is 23.0 Å². The second kappa shape index (κ2) is 6.72. The number of aromatic amines is 1. The summed E-state index contributed by atoms with van der Waals surface area (Å²) >= 11 is 0. The minimum absolute atomic E-state index is 0.187. The van der Waals surface area contributed by atoms with Gasteiger partial charge in [-0.05, 0) is 36.8 Å². The summed E-state index contributed by atoms with van der Waals surface area (Å²) in [4.78, 5) is 19.6. The van der Waals surface area contributed by atoms with Crippen molar-refractivity contribution in [3.05, 3.63) is 71.8 Å². The van der Waals surface area contributed by atoms with Crippen molar-refractivity contribution in [2.75, 3.05) is 7.11 Å². The number of pyridine rings is 1. The summed E-state index contributed by atoms with van der Waals surface area (Å²) in [5.74, 6) is 0.149. The van der Waals surface area contributed by atoms with Gasteiger partial charge in [-0.3, -0.25) is 9.78 Å². The molecule has 2 heterocycles. The zero-order chi connectivity index (χ0) is 19.0. The summed E-state index contributed by atoms with van der Waals surface area (Å²) in [5.41, 5.74) is 2.74. The predicted octanol–water partition coefficient (Wildman–Crippen LogP) is 4.35. The third-order valence-corrected chi connectivity index (χ3v) is 4.66. The first-order valence-corrected chi connectivity index (χ1v) is 8.56. The number of hydrogen-bond donors (Lipinski definition) is 2. The molecule has 2 aromatic carbocycles. The normalized spacial score (nSPS) is 12.3. The second-order valence-electron chi connectivity index (χ2n) is 6.40. The molecule has 0 radical (unpaired) electrons. The first kappa shape index (κ1) is 17.0. The number of benzene rings is 2. The van der Waals surface area contributed by atoms with E-state index in [0.29, 0.717) is 22.0 Å². The van der Waals surface area contributed by atoms with Gasteiger partial charge in [-0.1, -0.05) is 18.2 Å². The fourth-order valence-electron chi connectivity index (χ4n) is 3.23. The molecule has 2 N–H and O–H groups in total. The van der Waals surface area contributed by atoms with Gasteiger partial charge in [0.05, 0.1) is 31.1 Å². The lowest BCUT2D eigenvalue weighted by Crippen LogP contribution is -2.26. The molecule has 0 aliphatic heterocycles.